The molecule has 3 heterocycles. The van der Waals surface area contributed by atoms with Crippen LogP contribution in [0.25, 0.3) is 0 Å². The molecule has 6 heteroatoms. The number of carbonyl (C=O) groups excluding carboxylic acids is 1. The van der Waals surface area contributed by atoms with Crippen molar-refractivity contribution >= 4 is 6.29 Å². The van der Waals surface area contributed by atoms with Crippen LogP contribution in [0.3, 0.4) is 0 Å². The van der Waals surface area contributed by atoms with Crippen LogP contribution in [-0.4, -0.2) is 56.2 Å². The molecule has 0 radical (unpaired) electrons. The van der Waals surface area contributed by atoms with Crippen LogP contribution in [0.15, 0.2) is 18.2 Å². The van der Waals surface area contributed by atoms with E-state index in [4.69, 9.17) is 18.9 Å². The zero-order valence-corrected chi connectivity index (χ0v) is 15.6. The number of nitrogens with zero attached hydrogens (tertiary/aromatic N) is 1. The lowest BCUT2D eigenvalue weighted by Crippen LogP contribution is -2.23. The van der Waals surface area contributed by atoms with Crippen molar-refractivity contribution in [1.29, 1.82) is 0 Å². The summed E-state index contributed by atoms with van der Waals surface area (Å²) >= 11 is 0. The van der Waals surface area contributed by atoms with Crippen molar-refractivity contribution < 1.29 is 23.7 Å². The molecule has 25 heavy (non-hydrogen) atoms. The summed E-state index contributed by atoms with van der Waals surface area (Å²) in [6.07, 6.45) is 1.05. The quantitative estimate of drug-likeness (QED) is 0.603. The molecule has 0 aliphatic carbocycles. The van der Waals surface area contributed by atoms with Crippen LogP contribution in [0.4, 0.5) is 0 Å². The normalized spacial score (nSPS) is 22.3. The minimum atomic E-state index is -0.390. The third-order valence-electron chi connectivity index (χ3n) is 3.17. The van der Waals surface area contributed by atoms with Crippen LogP contribution >= 0.6 is 0 Å². The summed E-state index contributed by atoms with van der Waals surface area (Å²) in [5.41, 5.74) is 0.978. The minimum absolute atomic E-state index is 0.176. The van der Waals surface area contributed by atoms with E-state index < -0.39 is 0 Å². The molecule has 0 spiro atoms. The zero-order chi connectivity index (χ0) is 18.7. The number of rotatable bonds is 2. The SMILES string of the molecule is CC.CC1(C)OC2COCC2O1.COCC#Cc1cccc(C=O)n1. The van der Waals surface area contributed by atoms with Crippen molar-refractivity contribution in [2.24, 2.45) is 0 Å². The van der Waals surface area contributed by atoms with Gasteiger partial charge >= 0.3 is 0 Å². The van der Waals surface area contributed by atoms with Crippen LogP contribution in [0.2, 0.25) is 0 Å². The van der Waals surface area contributed by atoms with E-state index in [9.17, 15) is 4.79 Å². The summed E-state index contributed by atoms with van der Waals surface area (Å²) in [5, 5.41) is 0. The van der Waals surface area contributed by atoms with Crippen molar-refractivity contribution in [2.45, 2.75) is 45.7 Å². The molecule has 6 nitrogen and oxygen atoms in total. The van der Waals surface area contributed by atoms with Crippen LogP contribution in [0, 0.1) is 11.8 Å². The van der Waals surface area contributed by atoms with Gasteiger partial charge in [0.2, 0.25) is 0 Å². The van der Waals surface area contributed by atoms with Gasteiger partial charge in [0.15, 0.2) is 12.1 Å². The smallest absolute Gasteiger partial charge is 0.168 e. The van der Waals surface area contributed by atoms with E-state index in [0.717, 1.165) is 0 Å². The second kappa shape index (κ2) is 11.0. The molecule has 0 aromatic carbocycles. The first-order valence-corrected chi connectivity index (χ1v) is 8.37. The standard InChI is InChI=1S/C10H9NO2.C7H12O3.C2H6/c1-13-7-3-6-9-4-2-5-10(8-12)11-9;1-7(2)9-5-3-8-4-6(5)10-7;1-2/h2,4-5,8H,7H2,1H3;5-6H,3-4H2,1-2H3;1-2H3. The highest BCUT2D eigenvalue weighted by Crippen LogP contribution is 2.31. The van der Waals surface area contributed by atoms with Gasteiger partial charge in [-0.1, -0.05) is 25.8 Å². The van der Waals surface area contributed by atoms with Crippen molar-refractivity contribution in [1.82, 2.24) is 4.98 Å². The number of ether oxygens (including phenoxy) is 4. The predicted octanol–water partition coefficient (Wildman–Crippen LogP) is 2.45. The fraction of sp³-hybridized carbons (Fsp3) is 0.579. The van der Waals surface area contributed by atoms with Gasteiger partial charge in [0.25, 0.3) is 0 Å². The lowest BCUT2D eigenvalue weighted by atomic mass is 10.3. The second-order valence-electron chi connectivity index (χ2n) is 5.55. The van der Waals surface area contributed by atoms with Gasteiger partial charge < -0.3 is 18.9 Å². The number of hydrogen-bond acceptors (Lipinski definition) is 6. The maximum atomic E-state index is 10.4. The fourth-order valence-electron chi connectivity index (χ4n) is 2.28. The largest absolute Gasteiger partial charge is 0.376 e. The summed E-state index contributed by atoms with van der Waals surface area (Å²) in [6.45, 7) is 9.62. The van der Waals surface area contributed by atoms with E-state index in [2.05, 4.69) is 16.8 Å². The predicted molar refractivity (Wildman–Crippen MR) is 94.4 cm³/mol. The summed E-state index contributed by atoms with van der Waals surface area (Å²) in [7, 11) is 1.57. The molecule has 2 unspecified atom stereocenters. The van der Waals surface area contributed by atoms with E-state index in [0.29, 0.717) is 37.5 Å². The second-order valence-corrected chi connectivity index (χ2v) is 5.55. The molecule has 1 aromatic rings. The lowest BCUT2D eigenvalue weighted by Gasteiger charge is -2.17. The van der Waals surface area contributed by atoms with Gasteiger partial charge in [-0.25, -0.2) is 4.98 Å². The first-order valence-electron chi connectivity index (χ1n) is 8.37. The summed E-state index contributed by atoms with van der Waals surface area (Å²) in [6, 6.07) is 5.12. The fourth-order valence-corrected chi connectivity index (χ4v) is 2.28. The number of pyridine rings is 1. The highest BCUT2D eigenvalue weighted by molar-refractivity contribution is 5.71. The van der Waals surface area contributed by atoms with Crippen molar-refractivity contribution in [3.8, 4) is 11.8 Å². The Bertz CT molecular complexity index is 577. The van der Waals surface area contributed by atoms with Crippen LogP contribution in [0.5, 0.6) is 0 Å². The molecule has 2 aliphatic heterocycles. The maximum Gasteiger partial charge on any atom is 0.168 e. The van der Waals surface area contributed by atoms with Crippen LogP contribution < -0.4 is 0 Å². The molecule has 2 fully saturated rings. The Kier molecular flexibility index (Phi) is 9.32. The Morgan fingerprint density at radius 3 is 2.48 bits per heavy atom. The van der Waals surface area contributed by atoms with E-state index in [1.54, 1.807) is 25.3 Å². The molecule has 1 aromatic heterocycles. The number of hydrogen-bond donors (Lipinski definition) is 0. The van der Waals surface area contributed by atoms with Crippen molar-refractivity contribution in [3.63, 3.8) is 0 Å². The molecular formula is C19H27NO5. The van der Waals surface area contributed by atoms with Gasteiger partial charge in [-0.2, -0.15) is 0 Å². The van der Waals surface area contributed by atoms with E-state index in [1.165, 1.54) is 0 Å². The molecule has 0 saturated carbocycles. The Labute approximate surface area is 149 Å². The molecule has 0 amide bonds. The molecule has 3 rings (SSSR count). The van der Waals surface area contributed by atoms with Gasteiger partial charge in [-0.15, -0.1) is 0 Å². The van der Waals surface area contributed by atoms with E-state index in [1.807, 2.05) is 27.7 Å². The molecule has 138 valence electrons. The van der Waals surface area contributed by atoms with Crippen LogP contribution in [-0.2, 0) is 18.9 Å². The third kappa shape index (κ3) is 7.32. The van der Waals surface area contributed by atoms with E-state index >= 15 is 0 Å². The summed E-state index contributed by atoms with van der Waals surface area (Å²) in [5.74, 6) is 5.14. The van der Waals surface area contributed by atoms with E-state index in [-0.39, 0.29) is 18.0 Å². The summed E-state index contributed by atoms with van der Waals surface area (Å²) in [4.78, 5) is 14.3. The van der Waals surface area contributed by atoms with Gasteiger partial charge in [0.05, 0.1) is 13.2 Å². The molecular weight excluding hydrogens is 322 g/mol. The van der Waals surface area contributed by atoms with Crippen molar-refractivity contribution in [3.05, 3.63) is 29.6 Å². The first kappa shape index (κ1) is 21.3. The molecule has 2 atom stereocenters. The molecule has 0 N–H and O–H groups in total. The Morgan fingerprint density at radius 2 is 1.92 bits per heavy atom. The molecule has 2 saturated heterocycles. The third-order valence-corrected chi connectivity index (χ3v) is 3.17. The van der Waals surface area contributed by atoms with Gasteiger partial charge in [-0.3, -0.25) is 4.79 Å². The number of aromatic nitrogens is 1. The lowest BCUT2D eigenvalue weighted by molar-refractivity contribution is -0.164. The number of aldehydes is 1. The van der Waals surface area contributed by atoms with Crippen molar-refractivity contribution in [2.75, 3.05) is 26.9 Å². The Morgan fingerprint density at radius 1 is 1.28 bits per heavy atom. The van der Waals surface area contributed by atoms with Crippen LogP contribution in [0.1, 0.15) is 43.9 Å². The average molecular weight is 349 g/mol. The monoisotopic (exact) mass is 349 g/mol. The van der Waals surface area contributed by atoms with Gasteiger partial charge in [-0.05, 0) is 31.9 Å². The highest BCUT2D eigenvalue weighted by Gasteiger charge is 2.44. The zero-order valence-electron chi connectivity index (χ0n) is 15.6. The Hall–Kier alpha value is -1.78. The number of fused-ring (bicyclic) bond motifs is 1. The average Bonchev–Trinajstić information content (AvgIpc) is 3.15. The molecule has 0 bridgehead atoms. The number of carbonyl (C=O) groups is 1. The number of methoxy groups -OCH3 is 1. The highest BCUT2D eigenvalue weighted by atomic mass is 16.8. The minimum Gasteiger partial charge on any atom is -0.376 e. The molecule has 2 aliphatic rings. The Balaban J connectivity index is 0.000000233. The van der Waals surface area contributed by atoms with Gasteiger partial charge in [0.1, 0.15) is 30.2 Å². The summed E-state index contributed by atoms with van der Waals surface area (Å²) < 4.78 is 21.0. The first-order chi connectivity index (χ1) is 12.0. The maximum absolute atomic E-state index is 10.4. The van der Waals surface area contributed by atoms with Gasteiger partial charge in [0, 0.05) is 7.11 Å². The topological polar surface area (TPSA) is 66.9 Å².